The topological polar surface area (TPSA) is 0 Å². The van der Waals surface area contributed by atoms with Crippen LogP contribution < -0.4 is 0 Å². The SMILES string of the molecule is C=C/C=C\C(=CC)/C=C/C=C.CC. The monoisotopic (exact) mass is 176 g/mol. The molecule has 0 aliphatic carbocycles. The lowest BCUT2D eigenvalue weighted by Crippen LogP contribution is -1.67. The molecule has 0 aromatic carbocycles. The Morgan fingerprint density at radius 2 is 1.31 bits per heavy atom. The van der Waals surface area contributed by atoms with Gasteiger partial charge in [0.15, 0.2) is 0 Å². The van der Waals surface area contributed by atoms with Crippen LogP contribution in [0.4, 0.5) is 0 Å². The largest absolute Gasteiger partial charge is 0.0991 e. The summed E-state index contributed by atoms with van der Waals surface area (Å²) < 4.78 is 0. The Hall–Kier alpha value is -1.30. The molecule has 0 aliphatic rings. The van der Waals surface area contributed by atoms with E-state index in [9.17, 15) is 0 Å². The van der Waals surface area contributed by atoms with Gasteiger partial charge in [-0.25, -0.2) is 0 Å². The van der Waals surface area contributed by atoms with E-state index >= 15 is 0 Å². The predicted molar refractivity (Wildman–Crippen MR) is 63.8 cm³/mol. The second kappa shape index (κ2) is 13.3. The van der Waals surface area contributed by atoms with Crippen LogP contribution in [0.15, 0.2) is 61.3 Å². The first kappa shape index (κ1) is 14.2. The fourth-order valence-corrected chi connectivity index (χ4v) is 0.606. The van der Waals surface area contributed by atoms with Crippen molar-refractivity contribution >= 4 is 0 Å². The lowest BCUT2D eigenvalue weighted by atomic mass is 10.2. The third-order valence-corrected chi connectivity index (χ3v) is 1.18. The van der Waals surface area contributed by atoms with E-state index < -0.39 is 0 Å². The zero-order valence-electron chi connectivity index (χ0n) is 8.96. The van der Waals surface area contributed by atoms with E-state index in [2.05, 4.69) is 13.2 Å². The van der Waals surface area contributed by atoms with Crippen LogP contribution in [0.2, 0.25) is 0 Å². The molecule has 0 heteroatoms. The minimum atomic E-state index is 1.16. The minimum Gasteiger partial charge on any atom is -0.0991 e. The van der Waals surface area contributed by atoms with Gasteiger partial charge in [0.25, 0.3) is 0 Å². The molecule has 13 heavy (non-hydrogen) atoms. The maximum absolute atomic E-state index is 3.59. The molecule has 0 heterocycles. The average molecular weight is 176 g/mol. The molecule has 0 saturated heterocycles. The number of rotatable bonds is 4. The summed E-state index contributed by atoms with van der Waals surface area (Å²) in [4.78, 5) is 0. The molecule has 0 aromatic heterocycles. The molecule has 0 aromatic rings. The first-order valence-corrected chi connectivity index (χ1v) is 4.59. The Balaban J connectivity index is 0. The van der Waals surface area contributed by atoms with Gasteiger partial charge in [-0.2, -0.15) is 0 Å². The van der Waals surface area contributed by atoms with Crippen LogP contribution >= 0.6 is 0 Å². The van der Waals surface area contributed by atoms with Crippen molar-refractivity contribution in [1.82, 2.24) is 0 Å². The van der Waals surface area contributed by atoms with Crippen molar-refractivity contribution in [1.29, 1.82) is 0 Å². The van der Waals surface area contributed by atoms with Crippen LogP contribution in [0, 0.1) is 0 Å². The normalized spacial score (nSPS) is 11.2. The number of hydrogen-bond donors (Lipinski definition) is 0. The maximum Gasteiger partial charge on any atom is -0.0299 e. The summed E-state index contributed by atoms with van der Waals surface area (Å²) >= 11 is 0. The van der Waals surface area contributed by atoms with Crippen molar-refractivity contribution in [3.63, 3.8) is 0 Å². The quantitative estimate of drug-likeness (QED) is 0.555. The van der Waals surface area contributed by atoms with Gasteiger partial charge in [-0.1, -0.05) is 69.5 Å². The van der Waals surface area contributed by atoms with Crippen LogP contribution in [0.3, 0.4) is 0 Å². The van der Waals surface area contributed by atoms with Crippen LogP contribution in [0.1, 0.15) is 20.8 Å². The van der Waals surface area contributed by atoms with E-state index in [4.69, 9.17) is 0 Å². The Bertz CT molecular complexity index is 182. The summed E-state index contributed by atoms with van der Waals surface area (Å²) in [6, 6.07) is 0. The summed E-state index contributed by atoms with van der Waals surface area (Å²) in [5.41, 5.74) is 1.16. The third kappa shape index (κ3) is 10.7. The molecule has 0 bridgehead atoms. The van der Waals surface area contributed by atoms with Gasteiger partial charge in [-0.3, -0.25) is 0 Å². The molecule has 0 nitrogen and oxygen atoms in total. The minimum absolute atomic E-state index is 1.16. The third-order valence-electron chi connectivity index (χ3n) is 1.18. The lowest BCUT2D eigenvalue weighted by molar-refractivity contribution is 1.50. The summed E-state index contributed by atoms with van der Waals surface area (Å²) in [5.74, 6) is 0. The molecule has 72 valence electrons. The molecule has 0 N–H and O–H groups in total. The fourth-order valence-electron chi connectivity index (χ4n) is 0.606. The van der Waals surface area contributed by atoms with E-state index in [0.717, 1.165) is 5.57 Å². The molecule has 0 saturated carbocycles. The molecular formula is C13H20. The van der Waals surface area contributed by atoms with Gasteiger partial charge in [-0.15, -0.1) is 0 Å². The van der Waals surface area contributed by atoms with Crippen molar-refractivity contribution < 1.29 is 0 Å². The zero-order chi connectivity index (χ0) is 10.5. The average Bonchev–Trinajstić information content (AvgIpc) is 2.21. The second-order valence-electron chi connectivity index (χ2n) is 1.98. The van der Waals surface area contributed by atoms with Crippen molar-refractivity contribution in [2.24, 2.45) is 0 Å². The van der Waals surface area contributed by atoms with Crippen LogP contribution in [0.25, 0.3) is 0 Å². The number of allylic oxidation sites excluding steroid dienone is 8. The van der Waals surface area contributed by atoms with Gasteiger partial charge in [0, 0.05) is 0 Å². The van der Waals surface area contributed by atoms with Crippen molar-refractivity contribution in [2.75, 3.05) is 0 Å². The van der Waals surface area contributed by atoms with E-state index in [1.807, 2.05) is 51.2 Å². The van der Waals surface area contributed by atoms with Crippen LogP contribution in [-0.4, -0.2) is 0 Å². The smallest absolute Gasteiger partial charge is 0.0299 e. The van der Waals surface area contributed by atoms with Gasteiger partial charge < -0.3 is 0 Å². The van der Waals surface area contributed by atoms with Crippen molar-refractivity contribution in [2.45, 2.75) is 20.8 Å². The Morgan fingerprint density at radius 1 is 0.923 bits per heavy atom. The fraction of sp³-hybridized carbons (Fsp3) is 0.231. The molecule has 0 unspecified atom stereocenters. The van der Waals surface area contributed by atoms with Gasteiger partial charge in [0.2, 0.25) is 0 Å². The number of hydrogen-bond acceptors (Lipinski definition) is 0. The Kier molecular flexibility index (Phi) is 14.6. The van der Waals surface area contributed by atoms with Crippen LogP contribution in [0.5, 0.6) is 0 Å². The Labute approximate surface area is 82.7 Å². The predicted octanol–water partition coefficient (Wildman–Crippen LogP) is 4.44. The molecule has 0 amide bonds. The molecule has 0 radical (unpaired) electrons. The Morgan fingerprint density at radius 3 is 1.54 bits per heavy atom. The van der Waals surface area contributed by atoms with Gasteiger partial charge >= 0.3 is 0 Å². The maximum atomic E-state index is 3.59. The van der Waals surface area contributed by atoms with E-state index in [1.54, 1.807) is 12.2 Å². The standard InChI is InChI=1S/C11H14.C2H6/c1-4-7-9-11(6-3)10-8-5-2;1-2/h4-10H,1-2H2,3H3;1-2H3/b9-7-,10-8+,11-6?;. The summed E-state index contributed by atoms with van der Waals surface area (Å²) in [6.07, 6.45) is 13.3. The summed E-state index contributed by atoms with van der Waals surface area (Å²) in [5, 5.41) is 0. The van der Waals surface area contributed by atoms with Gasteiger partial charge in [0.05, 0.1) is 0 Å². The van der Waals surface area contributed by atoms with E-state index in [0.29, 0.717) is 0 Å². The first-order chi connectivity index (χ1) is 6.35. The first-order valence-electron chi connectivity index (χ1n) is 4.59. The molecule has 0 fully saturated rings. The molecule has 0 rings (SSSR count). The van der Waals surface area contributed by atoms with E-state index in [-0.39, 0.29) is 0 Å². The molecular weight excluding hydrogens is 156 g/mol. The van der Waals surface area contributed by atoms with Crippen molar-refractivity contribution in [3.05, 3.63) is 61.3 Å². The zero-order valence-corrected chi connectivity index (χ0v) is 8.96. The molecule has 0 aliphatic heterocycles. The summed E-state index contributed by atoms with van der Waals surface area (Å²) in [6.45, 7) is 13.2. The highest BCUT2D eigenvalue weighted by molar-refractivity contribution is 5.32. The van der Waals surface area contributed by atoms with Gasteiger partial charge in [0.1, 0.15) is 0 Å². The highest BCUT2D eigenvalue weighted by Crippen LogP contribution is 1.98. The second-order valence-corrected chi connectivity index (χ2v) is 1.98. The molecule has 0 spiro atoms. The highest BCUT2D eigenvalue weighted by atomic mass is 13.8. The summed E-state index contributed by atoms with van der Waals surface area (Å²) in [7, 11) is 0. The van der Waals surface area contributed by atoms with E-state index in [1.165, 1.54) is 0 Å². The van der Waals surface area contributed by atoms with Crippen molar-refractivity contribution in [3.8, 4) is 0 Å². The van der Waals surface area contributed by atoms with Gasteiger partial charge in [-0.05, 0) is 12.5 Å². The lowest BCUT2D eigenvalue weighted by Gasteiger charge is -1.87. The highest BCUT2D eigenvalue weighted by Gasteiger charge is 1.78. The molecule has 0 atom stereocenters. The van der Waals surface area contributed by atoms with Crippen LogP contribution in [-0.2, 0) is 0 Å².